The van der Waals surface area contributed by atoms with E-state index in [1.165, 1.54) is 11.8 Å². The minimum absolute atomic E-state index is 0.0526. The largest absolute Gasteiger partial charge is 0.489 e. The first kappa shape index (κ1) is 33.7. The van der Waals surface area contributed by atoms with Crippen molar-refractivity contribution in [2.45, 2.75) is 95.9 Å². The van der Waals surface area contributed by atoms with Gasteiger partial charge in [-0.3, -0.25) is 4.79 Å². The Balaban J connectivity index is 1.59. The van der Waals surface area contributed by atoms with Crippen molar-refractivity contribution < 1.29 is 17.9 Å². The topological polar surface area (TPSA) is 114 Å². The second-order valence-electron chi connectivity index (χ2n) is 12.2. The summed E-state index contributed by atoms with van der Waals surface area (Å²) in [6, 6.07) is 11.1. The Kier molecular flexibility index (Phi) is 10.9. The fraction of sp³-hybridized carbons (Fsp3) is 0.485. The molecule has 44 heavy (non-hydrogen) atoms. The Morgan fingerprint density at radius 3 is 2.39 bits per heavy atom. The number of rotatable bonds is 12. The number of aromatic nitrogens is 2. The maximum atomic E-state index is 13.0. The van der Waals surface area contributed by atoms with Crippen LogP contribution in [-0.4, -0.2) is 59.6 Å². The van der Waals surface area contributed by atoms with E-state index in [0.717, 1.165) is 37.2 Å². The van der Waals surface area contributed by atoms with E-state index in [9.17, 15) is 13.2 Å². The zero-order valence-electron chi connectivity index (χ0n) is 26.6. The van der Waals surface area contributed by atoms with E-state index < -0.39 is 15.1 Å². The van der Waals surface area contributed by atoms with E-state index in [0.29, 0.717) is 23.8 Å². The van der Waals surface area contributed by atoms with Gasteiger partial charge in [0, 0.05) is 12.5 Å². The number of nitrogens with one attached hydrogen (secondary N) is 2. The summed E-state index contributed by atoms with van der Waals surface area (Å²) in [4.78, 5) is 23.2. The van der Waals surface area contributed by atoms with Gasteiger partial charge in [-0.2, -0.15) is 4.98 Å². The van der Waals surface area contributed by atoms with Crippen LogP contribution >= 0.6 is 11.6 Å². The number of ether oxygens (including phenoxy) is 1. The number of anilines is 4. The van der Waals surface area contributed by atoms with Crippen molar-refractivity contribution in [1.29, 1.82) is 0 Å². The normalized spacial score (nSPS) is 15.4. The lowest BCUT2D eigenvalue weighted by Gasteiger charge is -2.36. The van der Waals surface area contributed by atoms with Gasteiger partial charge in [-0.05, 0) is 116 Å². The molecule has 1 fully saturated rings. The molecule has 0 amide bonds. The van der Waals surface area contributed by atoms with Gasteiger partial charge in [0.05, 0.1) is 33.8 Å². The van der Waals surface area contributed by atoms with Crippen LogP contribution in [0, 0.1) is 6.92 Å². The predicted molar refractivity (Wildman–Crippen MR) is 178 cm³/mol. The number of ketones is 1. The van der Waals surface area contributed by atoms with Crippen molar-refractivity contribution in [2.75, 3.05) is 23.7 Å². The van der Waals surface area contributed by atoms with Crippen LogP contribution < -0.4 is 15.4 Å². The third kappa shape index (κ3) is 8.08. The highest BCUT2D eigenvalue weighted by Crippen LogP contribution is 2.39. The monoisotopic (exact) mass is 641 g/mol. The van der Waals surface area contributed by atoms with Crippen molar-refractivity contribution in [2.24, 2.45) is 0 Å². The van der Waals surface area contributed by atoms with E-state index in [1.807, 2.05) is 13.8 Å². The molecule has 238 valence electrons. The number of sulfone groups is 1. The fourth-order valence-corrected chi connectivity index (χ4v) is 6.96. The minimum Gasteiger partial charge on any atom is -0.489 e. The fourth-order valence-electron chi connectivity index (χ4n) is 5.62. The Morgan fingerprint density at radius 1 is 1.07 bits per heavy atom. The second-order valence-corrected chi connectivity index (χ2v) is 15.0. The lowest BCUT2D eigenvalue weighted by Crippen LogP contribution is -2.40. The quantitative estimate of drug-likeness (QED) is 0.208. The third-order valence-electron chi connectivity index (χ3n) is 7.96. The van der Waals surface area contributed by atoms with E-state index in [4.69, 9.17) is 16.3 Å². The first-order chi connectivity index (χ1) is 20.8. The highest BCUT2D eigenvalue weighted by Gasteiger charge is 2.27. The number of Topliss-reactive ketones (excluding diaryl/α,β-unsaturated/α-hetero) is 1. The number of aryl methyl sites for hydroxylation is 1. The molecule has 1 atom stereocenters. The Labute approximate surface area is 266 Å². The van der Waals surface area contributed by atoms with Crippen molar-refractivity contribution in [3.63, 3.8) is 0 Å². The van der Waals surface area contributed by atoms with E-state index in [-0.39, 0.29) is 39.6 Å². The summed E-state index contributed by atoms with van der Waals surface area (Å²) >= 11 is 6.46. The molecule has 1 aromatic heterocycles. The molecule has 1 aliphatic heterocycles. The molecule has 1 unspecified atom stereocenters. The number of benzene rings is 2. The molecule has 0 radical (unpaired) electrons. The maximum absolute atomic E-state index is 13.0. The van der Waals surface area contributed by atoms with Gasteiger partial charge in [-0.15, -0.1) is 0 Å². The average molecular weight is 642 g/mol. The summed E-state index contributed by atoms with van der Waals surface area (Å²) in [5, 5.41) is 6.07. The van der Waals surface area contributed by atoms with Gasteiger partial charge < -0.3 is 20.3 Å². The molecule has 0 spiro atoms. The number of nitrogens with zero attached hydrogens (tertiary/aromatic N) is 3. The molecule has 9 nitrogen and oxygen atoms in total. The molecule has 0 saturated carbocycles. The second kappa shape index (κ2) is 14.3. The van der Waals surface area contributed by atoms with Crippen LogP contribution in [0.4, 0.5) is 23.1 Å². The van der Waals surface area contributed by atoms with Crippen LogP contribution in [0.15, 0.2) is 47.5 Å². The number of carbonyl (C=O) groups excluding carboxylic acids is 1. The number of piperidine rings is 1. The summed E-state index contributed by atoms with van der Waals surface area (Å²) in [5.41, 5.74) is 3.51. The van der Waals surface area contributed by atoms with Crippen molar-refractivity contribution in [1.82, 2.24) is 14.9 Å². The van der Waals surface area contributed by atoms with Gasteiger partial charge in [0.25, 0.3) is 0 Å². The maximum Gasteiger partial charge on any atom is 0.229 e. The van der Waals surface area contributed by atoms with Gasteiger partial charge in [0.2, 0.25) is 5.95 Å². The molecule has 1 aliphatic rings. The van der Waals surface area contributed by atoms with Gasteiger partial charge in [0.1, 0.15) is 16.6 Å². The summed E-state index contributed by atoms with van der Waals surface area (Å²) in [6.45, 7) is 15.1. The SMILES string of the molecule is CC(=O)CC(C)N1CCC(c2cc(OC(C)C)c(Nc3ncc(Cl)c(Nc4ccccc4S(=O)(=O)C(C)C)n3)cc2C)CC1. The number of para-hydroxylation sites is 1. The molecule has 0 bridgehead atoms. The molecule has 2 N–H and O–H groups in total. The standard InChI is InChI=1S/C33H44ClN5O4S/c1-20(2)43-30-18-26(25-12-14-39(15-13-25)23(6)17-24(7)40)22(5)16-29(30)37-33-35-19-27(34)32(38-33)36-28-10-8-9-11-31(28)44(41,42)21(3)4/h8-11,16,18-21,23,25H,12-15,17H2,1-7H3,(H2,35,36,37,38). The number of hydrogen-bond acceptors (Lipinski definition) is 9. The predicted octanol–water partition coefficient (Wildman–Crippen LogP) is 7.44. The summed E-state index contributed by atoms with van der Waals surface area (Å²) in [6.07, 6.45) is 4.04. The smallest absolute Gasteiger partial charge is 0.229 e. The molecular weight excluding hydrogens is 598 g/mol. The van der Waals surface area contributed by atoms with Crippen LogP contribution in [0.3, 0.4) is 0 Å². The van der Waals surface area contributed by atoms with Crippen LogP contribution in [0.5, 0.6) is 5.75 Å². The number of hydrogen-bond donors (Lipinski definition) is 2. The number of carbonyl (C=O) groups is 1. The molecular formula is C33H44ClN5O4S. The minimum atomic E-state index is -3.54. The zero-order valence-corrected chi connectivity index (χ0v) is 28.2. The molecule has 4 rings (SSSR count). The van der Waals surface area contributed by atoms with Gasteiger partial charge >= 0.3 is 0 Å². The molecule has 3 aromatic rings. The molecule has 2 aromatic carbocycles. The third-order valence-corrected chi connectivity index (χ3v) is 10.5. The van der Waals surface area contributed by atoms with E-state index in [1.54, 1.807) is 45.0 Å². The van der Waals surface area contributed by atoms with Crippen LogP contribution in [0.25, 0.3) is 0 Å². The van der Waals surface area contributed by atoms with Crippen molar-refractivity contribution in [3.05, 3.63) is 58.7 Å². The summed E-state index contributed by atoms with van der Waals surface area (Å²) < 4.78 is 32.2. The molecule has 11 heteroatoms. The summed E-state index contributed by atoms with van der Waals surface area (Å²) in [7, 11) is -3.54. The van der Waals surface area contributed by atoms with Crippen LogP contribution in [0.2, 0.25) is 5.02 Å². The lowest BCUT2D eigenvalue weighted by atomic mass is 9.85. The molecule has 2 heterocycles. The lowest BCUT2D eigenvalue weighted by molar-refractivity contribution is -0.118. The number of likely N-dealkylation sites (tertiary alicyclic amines) is 1. The Bertz CT molecular complexity index is 1590. The van der Waals surface area contributed by atoms with Crippen LogP contribution in [0.1, 0.15) is 77.8 Å². The zero-order chi connectivity index (χ0) is 32.2. The highest BCUT2D eigenvalue weighted by molar-refractivity contribution is 7.92. The van der Waals surface area contributed by atoms with E-state index >= 15 is 0 Å². The van der Waals surface area contributed by atoms with Crippen LogP contribution in [-0.2, 0) is 14.6 Å². The number of halogens is 1. The van der Waals surface area contributed by atoms with E-state index in [2.05, 4.69) is 51.5 Å². The molecule has 1 saturated heterocycles. The summed E-state index contributed by atoms with van der Waals surface area (Å²) in [5.74, 6) is 1.89. The first-order valence-electron chi connectivity index (χ1n) is 15.2. The van der Waals surface area contributed by atoms with Gasteiger partial charge in [-0.1, -0.05) is 23.7 Å². The molecule has 0 aliphatic carbocycles. The Hall–Kier alpha value is -3.21. The first-order valence-corrected chi connectivity index (χ1v) is 17.1. The van der Waals surface area contributed by atoms with Crippen molar-refractivity contribution in [3.8, 4) is 5.75 Å². The van der Waals surface area contributed by atoms with Gasteiger partial charge in [0.15, 0.2) is 15.7 Å². The Morgan fingerprint density at radius 2 is 1.75 bits per heavy atom. The highest BCUT2D eigenvalue weighted by atomic mass is 35.5. The van der Waals surface area contributed by atoms with Gasteiger partial charge in [-0.25, -0.2) is 13.4 Å². The average Bonchev–Trinajstić information content (AvgIpc) is 2.96. The van der Waals surface area contributed by atoms with Crippen molar-refractivity contribution >= 4 is 50.4 Å².